The number of rotatable bonds is 5. The Morgan fingerprint density at radius 3 is 2.74 bits per heavy atom. The van der Waals surface area contributed by atoms with Crippen molar-refractivity contribution in [2.24, 2.45) is 11.7 Å². The van der Waals surface area contributed by atoms with E-state index < -0.39 is 0 Å². The summed E-state index contributed by atoms with van der Waals surface area (Å²) in [6.45, 7) is 2.82. The molecular formula is C14H24ClN3O. The Bertz CT molecular complexity index is 401. The summed E-state index contributed by atoms with van der Waals surface area (Å²) in [5.41, 5.74) is 7.34. The predicted octanol–water partition coefficient (Wildman–Crippen LogP) is 3.15. The molecule has 2 N–H and O–H groups in total. The molecule has 5 heteroatoms. The van der Waals surface area contributed by atoms with Crippen LogP contribution in [0.1, 0.15) is 50.8 Å². The zero-order valence-corrected chi connectivity index (χ0v) is 12.6. The smallest absolute Gasteiger partial charge is 0.0835 e. The van der Waals surface area contributed by atoms with Crippen LogP contribution in [0.5, 0.6) is 0 Å². The number of ether oxygens (including phenoxy) is 1. The van der Waals surface area contributed by atoms with E-state index in [0.29, 0.717) is 10.9 Å². The third-order valence-electron chi connectivity index (χ3n) is 4.19. The van der Waals surface area contributed by atoms with Crippen molar-refractivity contribution < 1.29 is 4.74 Å². The first-order valence-corrected chi connectivity index (χ1v) is 7.56. The van der Waals surface area contributed by atoms with Gasteiger partial charge in [-0.2, -0.15) is 5.10 Å². The van der Waals surface area contributed by atoms with Crippen LogP contribution in [-0.2, 0) is 11.3 Å². The number of hydrogen-bond acceptors (Lipinski definition) is 3. The van der Waals surface area contributed by atoms with E-state index in [0.717, 1.165) is 12.2 Å². The maximum atomic E-state index is 6.43. The molecule has 1 fully saturated rings. The molecule has 0 aliphatic heterocycles. The molecule has 2 unspecified atom stereocenters. The molecule has 108 valence electrons. The lowest BCUT2D eigenvalue weighted by Gasteiger charge is -2.33. The highest BCUT2D eigenvalue weighted by Gasteiger charge is 2.32. The number of aryl methyl sites for hydroxylation is 1. The average Bonchev–Trinajstić information content (AvgIpc) is 2.81. The summed E-state index contributed by atoms with van der Waals surface area (Å²) >= 11 is 6.24. The van der Waals surface area contributed by atoms with Gasteiger partial charge in [-0.3, -0.25) is 4.68 Å². The molecule has 0 radical (unpaired) electrons. The minimum absolute atomic E-state index is 0.0276. The van der Waals surface area contributed by atoms with Crippen LogP contribution in [0.25, 0.3) is 0 Å². The fraction of sp³-hybridized carbons (Fsp3) is 0.786. The maximum absolute atomic E-state index is 6.43. The van der Waals surface area contributed by atoms with Gasteiger partial charge in [0.2, 0.25) is 0 Å². The average molecular weight is 286 g/mol. The lowest BCUT2D eigenvalue weighted by molar-refractivity contribution is 0.0154. The van der Waals surface area contributed by atoms with Gasteiger partial charge in [0.1, 0.15) is 0 Å². The molecule has 1 saturated carbocycles. The highest BCUT2D eigenvalue weighted by atomic mass is 35.5. The standard InChI is InChI=1S/C14H24ClN3O/c1-3-18-13(11(15)9-17-18)12(16)14(19-2)10-7-5-4-6-8-10/h9-10,12,14H,3-8,16H2,1-2H3. The van der Waals surface area contributed by atoms with Crippen LogP contribution in [0, 0.1) is 5.92 Å². The molecule has 0 bridgehead atoms. The van der Waals surface area contributed by atoms with E-state index in [1.165, 1.54) is 32.1 Å². The quantitative estimate of drug-likeness (QED) is 0.904. The molecule has 2 rings (SSSR count). The fourth-order valence-corrected chi connectivity index (χ4v) is 3.47. The van der Waals surface area contributed by atoms with E-state index in [4.69, 9.17) is 22.1 Å². The second-order valence-electron chi connectivity index (χ2n) is 5.32. The van der Waals surface area contributed by atoms with E-state index in [1.54, 1.807) is 13.3 Å². The van der Waals surface area contributed by atoms with Crippen LogP contribution in [-0.4, -0.2) is 23.0 Å². The molecule has 4 nitrogen and oxygen atoms in total. The van der Waals surface area contributed by atoms with Gasteiger partial charge in [-0.15, -0.1) is 0 Å². The van der Waals surface area contributed by atoms with Gasteiger partial charge in [-0.25, -0.2) is 0 Å². The second-order valence-corrected chi connectivity index (χ2v) is 5.72. The Labute approximate surface area is 120 Å². The van der Waals surface area contributed by atoms with Crippen LogP contribution in [0.2, 0.25) is 5.02 Å². The normalized spacial score (nSPS) is 20.4. The van der Waals surface area contributed by atoms with E-state index >= 15 is 0 Å². The van der Waals surface area contributed by atoms with Crippen molar-refractivity contribution >= 4 is 11.6 Å². The van der Waals surface area contributed by atoms with E-state index in [9.17, 15) is 0 Å². The van der Waals surface area contributed by atoms with Gasteiger partial charge in [-0.05, 0) is 25.7 Å². The topological polar surface area (TPSA) is 53.1 Å². The molecule has 0 amide bonds. The molecule has 0 aromatic carbocycles. The molecule has 0 saturated heterocycles. The Balaban J connectivity index is 2.19. The first kappa shape index (κ1) is 14.8. The lowest BCUT2D eigenvalue weighted by Crippen LogP contribution is -2.37. The van der Waals surface area contributed by atoms with Crippen molar-refractivity contribution in [3.8, 4) is 0 Å². The summed E-state index contributed by atoms with van der Waals surface area (Å²) in [6, 6.07) is -0.206. The molecule has 1 aliphatic carbocycles. The van der Waals surface area contributed by atoms with Crippen molar-refractivity contribution in [2.45, 2.75) is 57.7 Å². The summed E-state index contributed by atoms with van der Waals surface area (Å²) in [5, 5.41) is 4.91. The van der Waals surface area contributed by atoms with Crippen LogP contribution in [0.3, 0.4) is 0 Å². The van der Waals surface area contributed by atoms with Crippen LogP contribution in [0.15, 0.2) is 6.20 Å². The van der Waals surface area contributed by atoms with Gasteiger partial charge in [0.05, 0.1) is 29.1 Å². The maximum Gasteiger partial charge on any atom is 0.0835 e. The molecular weight excluding hydrogens is 262 g/mol. The fourth-order valence-electron chi connectivity index (χ4n) is 3.21. The third kappa shape index (κ3) is 3.12. The highest BCUT2D eigenvalue weighted by Crippen LogP contribution is 2.34. The number of halogens is 1. The van der Waals surface area contributed by atoms with E-state index in [2.05, 4.69) is 5.10 Å². The zero-order chi connectivity index (χ0) is 13.8. The van der Waals surface area contributed by atoms with Gasteiger partial charge in [-0.1, -0.05) is 30.9 Å². The van der Waals surface area contributed by atoms with Crippen LogP contribution >= 0.6 is 11.6 Å². The van der Waals surface area contributed by atoms with E-state index in [-0.39, 0.29) is 12.1 Å². The monoisotopic (exact) mass is 285 g/mol. The summed E-state index contributed by atoms with van der Waals surface area (Å²) in [7, 11) is 1.75. The Kier molecular flexibility index (Phi) is 5.25. The molecule has 0 spiro atoms. The van der Waals surface area contributed by atoms with Gasteiger partial charge >= 0.3 is 0 Å². The van der Waals surface area contributed by atoms with Crippen LogP contribution < -0.4 is 5.73 Å². The van der Waals surface area contributed by atoms with Crippen molar-refractivity contribution in [1.29, 1.82) is 0 Å². The molecule has 19 heavy (non-hydrogen) atoms. The summed E-state index contributed by atoms with van der Waals surface area (Å²) in [6.07, 6.45) is 7.98. The largest absolute Gasteiger partial charge is 0.379 e. The molecule has 1 heterocycles. The summed E-state index contributed by atoms with van der Waals surface area (Å²) < 4.78 is 7.58. The Hall–Kier alpha value is -0.580. The minimum Gasteiger partial charge on any atom is -0.379 e. The number of aromatic nitrogens is 2. The van der Waals surface area contributed by atoms with Gasteiger partial charge in [0.25, 0.3) is 0 Å². The second kappa shape index (κ2) is 6.73. The SMILES string of the molecule is CCn1ncc(Cl)c1C(N)C(OC)C1CCCCC1. The van der Waals surface area contributed by atoms with Gasteiger partial charge < -0.3 is 10.5 Å². The first-order chi connectivity index (χ1) is 9.19. The van der Waals surface area contributed by atoms with Gasteiger partial charge in [0, 0.05) is 13.7 Å². The lowest BCUT2D eigenvalue weighted by atomic mass is 9.82. The van der Waals surface area contributed by atoms with Crippen molar-refractivity contribution in [2.75, 3.05) is 7.11 Å². The zero-order valence-electron chi connectivity index (χ0n) is 11.8. The van der Waals surface area contributed by atoms with Crippen molar-refractivity contribution in [3.63, 3.8) is 0 Å². The Morgan fingerprint density at radius 1 is 1.47 bits per heavy atom. The minimum atomic E-state index is -0.206. The number of nitrogens with zero attached hydrogens (tertiary/aromatic N) is 2. The summed E-state index contributed by atoms with van der Waals surface area (Å²) in [5.74, 6) is 0.532. The number of hydrogen-bond donors (Lipinski definition) is 1. The molecule has 1 aromatic rings. The summed E-state index contributed by atoms with van der Waals surface area (Å²) in [4.78, 5) is 0. The molecule has 2 atom stereocenters. The molecule has 1 aliphatic rings. The number of nitrogens with two attached hydrogens (primary N) is 1. The van der Waals surface area contributed by atoms with Crippen molar-refractivity contribution in [3.05, 3.63) is 16.9 Å². The van der Waals surface area contributed by atoms with Crippen molar-refractivity contribution in [1.82, 2.24) is 9.78 Å². The first-order valence-electron chi connectivity index (χ1n) is 7.18. The number of methoxy groups -OCH3 is 1. The highest BCUT2D eigenvalue weighted by molar-refractivity contribution is 6.31. The van der Waals surface area contributed by atoms with Gasteiger partial charge in [0.15, 0.2) is 0 Å². The molecule has 1 aromatic heterocycles. The van der Waals surface area contributed by atoms with Crippen LogP contribution in [0.4, 0.5) is 0 Å². The predicted molar refractivity (Wildman–Crippen MR) is 77.2 cm³/mol. The third-order valence-corrected chi connectivity index (χ3v) is 4.48. The van der Waals surface area contributed by atoms with E-state index in [1.807, 2.05) is 11.6 Å². The Morgan fingerprint density at radius 2 is 2.16 bits per heavy atom.